The molecule has 1 unspecified atom stereocenters. The van der Waals surface area contributed by atoms with Crippen molar-refractivity contribution < 1.29 is 9.47 Å². The van der Waals surface area contributed by atoms with E-state index in [1.807, 2.05) is 0 Å². The minimum atomic E-state index is -0.345. The summed E-state index contributed by atoms with van der Waals surface area (Å²) in [6.07, 6.45) is 16.2. The van der Waals surface area contributed by atoms with Crippen LogP contribution in [0, 0.1) is 5.92 Å². The van der Waals surface area contributed by atoms with Crippen LogP contribution >= 0.6 is 0 Å². The zero-order chi connectivity index (χ0) is 18.1. The highest BCUT2D eigenvalue weighted by atomic mass is 16.7. The lowest BCUT2D eigenvalue weighted by molar-refractivity contribution is -0.272. The monoisotopic (exact) mass is 342 g/mol. The highest BCUT2D eigenvalue weighted by Crippen LogP contribution is 2.35. The summed E-state index contributed by atoms with van der Waals surface area (Å²) >= 11 is 0. The van der Waals surface area contributed by atoms with Crippen molar-refractivity contribution in [3.63, 3.8) is 0 Å². The van der Waals surface area contributed by atoms with Gasteiger partial charge < -0.3 is 9.47 Å². The number of ether oxygens (including phenoxy) is 2. The fraction of sp³-hybridized carbons (Fsp3) is 1.00. The van der Waals surface area contributed by atoms with Crippen molar-refractivity contribution in [2.45, 2.75) is 124 Å². The summed E-state index contributed by atoms with van der Waals surface area (Å²) in [5.74, 6) is 0.185. The van der Waals surface area contributed by atoms with Crippen molar-refractivity contribution in [2.24, 2.45) is 5.92 Å². The third kappa shape index (κ3) is 10.0. The molecule has 1 atom stereocenters. The first-order valence-electron chi connectivity index (χ1n) is 11.0. The molecule has 0 N–H and O–H groups in total. The maximum absolute atomic E-state index is 6.39. The number of hydrogen-bond acceptors (Lipinski definition) is 2. The SMILES string of the molecule is CCCCCCCCC(CC)C(CC)(OCCCC)OCCCC. The van der Waals surface area contributed by atoms with E-state index in [1.54, 1.807) is 0 Å². The van der Waals surface area contributed by atoms with Gasteiger partial charge in [0.25, 0.3) is 0 Å². The molecule has 0 fully saturated rings. The molecule has 0 rings (SSSR count). The average Bonchev–Trinajstić information content (AvgIpc) is 2.60. The molecule has 0 radical (unpaired) electrons. The Morgan fingerprint density at radius 1 is 0.625 bits per heavy atom. The standard InChI is InChI=1S/C22H46O2/c1-6-11-14-15-16-17-18-21(9-4)22(10-5,23-19-12-7-2)24-20-13-8-3/h21H,6-20H2,1-5H3. The molecule has 2 heteroatoms. The molecule has 0 amide bonds. The second-order valence-corrected chi connectivity index (χ2v) is 7.23. The van der Waals surface area contributed by atoms with Gasteiger partial charge in [0.15, 0.2) is 5.79 Å². The Balaban J connectivity index is 4.57. The number of unbranched alkanes of at least 4 members (excludes halogenated alkanes) is 7. The average molecular weight is 343 g/mol. The molecule has 0 aromatic rings. The largest absolute Gasteiger partial charge is 0.350 e. The first-order chi connectivity index (χ1) is 11.7. The molecule has 0 aromatic carbocycles. The van der Waals surface area contributed by atoms with E-state index in [-0.39, 0.29) is 5.79 Å². The second kappa shape index (κ2) is 16.4. The Kier molecular flexibility index (Phi) is 16.3. The summed E-state index contributed by atoms with van der Waals surface area (Å²) in [5.41, 5.74) is 0. The lowest BCUT2D eigenvalue weighted by atomic mass is 9.87. The first-order valence-corrected chi connectivity index (χ1v) is 11.0. The first kappa shape index (κ1) is 23.9. The van der Waals surface area contributed by atoms with Crippen LogP contribution in [0.2, 0.25) is 0 Å². The third-order valence-electron chi connectivity index (χ3n) is 5.20. The Labute approximate surface area is 153 Å². The molecule has 2 nitrogen and oxygen atoms in total. The fourth-order valence-corrected chi connectivity index (χ4v) is 3.45. The van der Waals surface area contributed by atoms with Gasteiger partial charge in [0.05, 0.1) is 13.2 Å². The van der Waals surface area contributed by atoms with Crippen LogP contribution in [0.3, 0.4) is 0 Å². The predicted molar refractivity (Wildman–Crippen MR) is 107 cm³/mol. The molecular formula is C22H46O2. The van der Waals surface area contributed by atoms with Crippen LogP contribution in [0.15, 0.2) is 0 Å². The van der Waals surface area contributed by atoms with Crippen molar-refractivity contribution in [1.29, 1.82) is 0 Å². The molecule has 24 heavy (non-hydrogen) atoms. The Morgan fingerprint density at radius 2 is 1.12 bits per heavy atom. The van der Waals surface area contributed by atoms with Gasteiger partial charge in [-0.2, -0.15) is 0 Å². The van der Waals surface area contributed by atoms with E-state index in [9.17, 15) is 0 Å². The van der Waals surface area contributed by atoms with Crippen molar-refractivity contribution in [1.82, 2.24) is 0 Å². The zero-order valence-corrected chi connectivity index (χ0v) is 17.5. The van der Waals surface area contributed by atoms with Crippen LogP contribution in [0.4, 0.5) is 0 Å². The van der Waals surface area contributed by atoms with Gasteiger partial charge in [-0.15, -0.1) is 0 Å². The van der Waals surface area contributed by atoms with Gasteiger partial charge in [-0.25, -0.2) is 0 Å². The van der Waals surface area contributed by atoms with Gasteiger partial charge in [0.2, 0.25) is 0 Å². The normalized spacial score (nSPS) is 13.4. The van der Waals surface area contributed by atoms with Crippen molar-refractivity contribution in [2.75, 3.05) is 13.2 Å². The molecule has 0 heterocycles. The smallest absolute Gasteiger partial charge is 0.170 e. The minimum Gasteiger partial charge on any atom is -0.350 e. The Hall–Kier alpha value is -0.0800. The number of rotatable bonds is 18. The van der Waals surface area contributed by atoms with Gasteiger partial charge in [0.1, 0.15) is 0 Å². The molecule has 0 aliphatic carbocycles. The third-order valence-corrected chi connectivity index (χ3v) is 5.20. The van der Waals surface area contributed by atoms with Crippen molar-refractivity contribution in [3.05, 3.63) is 0 Å². The summed E-state index contributed by atoms with van der Waals surface area (Å²) in [5, 5.41) is 0. The lowest BCUT2D eigenvalue weighted by Gasteiger charge is -2.40. The fourth-order valence-electron chi connectivity index (χ4n) is 3.45. The molecule has 0 spiro atoms. The van der Waals surface area contributed by atoms with Gasteiger partial charge in [0, 0.05) is 5.92 Å². The van der Waals surface area contributed by atoms with Gasteiger partial charge in [-0.05, 0) is 32.1 Å². The van der Waals surface area contributed by atoms with Gasteiger partial charge in [-0.1, -0.05) is 86.0 Å². The van der Waals surface area contributed by atoms with Crippen molar-refractivity contribution in [3.8, 4) is 0 Å². The molecule has 0 saturated carbocycles. The summed E-state index contributed by atoms with van der Waals surface area (Å²) in [6, 6.07) is 0. The van der Waals surface area contributed by atoms with Crippen LogP contribution in [0.1, 0.15) is 118 Å². The van der Waals surface area contributed by atoms with E-state index < -0.39 is 0 Å². The molecule has 0 aromatic heterocycles. The van der Waals surface area contributed by atoms with E-state index in [2.05, 4.69) is 34.6 Å². The Bertz CT molecular complexity index is 242. The maximum Gasteiger partial charge on any atom is 0.170 e. The predicted octanol–water partition coefficient (Wildman–Crippen LogP) is 7.50. The summed E-state index contributed by atoms with van der Waals surface area (Å²) < 4.78 is 12.8. The van der Waals surface area contributed by atoms with Gasteiger partial charge in [-0.3, -0.25) is 0 Å². The summed E-state index contributed by atoms with van der Waals surface area (Å²) in [7, 11) is 0. The quantitative estimate of drug-likeness (QED) is 0.189. The molecule has 0 saturated heterocycles. The maximum atomic E-state index is 6.39. The van der Waals surface area contributed by atoms with E-state index in [0.717, 1.165) is 38.9 Å². The molecule has 0 aliphatic rings. The van der Waals surface area contributed by atoms with E-state index >= 15 is 0 Å². The van der Waals surface area contributed by atoms with Crippen LogP contribution in [0.25, 0.3) is 0 Å². The van der Waals surface area contributed by atoms with E-state index in [4.69, 9.17) is 9.47 Å². The van der Waals surface area contributed by atoms with E-state index in [0.29, 0.717) is 5.92 Å². The molecule has 0 bridgehead atoms. The summed E-state index contributed by atoms with van der Waals surface area (Å²) in [4.78, 5) is 0. The van der Waals surface area contributed by atoms with Gasteiger partial charge >= 0.3 is 0 Å². The number of hydrogen-bond donors (Lipinski definition) is 0. The van der Waals surface area contributed by atoms with Crippen LogP contribution in [-0.2, 0) is 9.47 Å². The van der Waals surface area contributed by atoms with Crippen LogP contribution in [-0.4, -0.2) is 19.0 Å². The topological polar surface area (TPSA) is 18.5 Å². The minimum absolute atomic E-state index is 0.345. The highest BCUT2D eigenvalue weighted by Gasteiger charge is 2.37. The molecule has 146 valence electrons. The second-order valence-electron chi connectivity index (χ2n) is 7.23. The highest BCUT2D eigenvalue weighted by molar-refractivity contribution is 4.79. The Morgan fingerprint density at radius 3 is 1.58 bits per heavy atom. The zero-order valence-electron chi connectivity index (χ0n) is 17.5. The van der Waals surface area contributed by atoms with E-state index in [1.165, 1.54) is 57.8 Å². The lowest BCUT2D eigenvalue weighted by Crippen LogP contribution is -2.43. The molecule has 0 aliphatic heterocycles. The van der Waals surface area contributed by atoms with Crippen LogP contribution in [0.5, 0.6) is 0 Å². The van der Waals surface area contributed by atoms with Crippen molar-refractivity contribution >= 4 is 0 Å². The molecular weight excluding hydrogens is 296 g/mol. The summed E-state index contributed by atoms with van der Waals surface area (Å²) in [6.45, 7) is 12.9. The van der Waals surface area contributed by atoms with Crippen LogP contribution < -0.4 is 0 Å².